The quantitative estimate of drug-likeness (QED) is 0.541. The highest BCUT2D eigenvalue weighted by molar-refractivity contribution is 5.67. The molecule has 0 aliphatic heterocycles. The van der Waals surface area contributed by atoms with E-state index in [0.717, 1.165) is 31.0 Å². The second-order valence-electron chi connectivity index (χ2n) is 4.55. The predicted octanol–water partition coefficient (Wildman–Crippen LogP) is 2.67. The van der Waals surface area contributed by atoms with Crippen LogP contribution < -0.4 is 5.48 Å². The van der Waals surface area contributed by atoms with Gasteiger partial charge in [-0.05, 0) is 36.6 Å². The number of benzene rings is 1. The maximum atomic E-state index is 13.5. The Morgan fingerprint density at radius 2 is 2.20 bits per heavy atom. The predicted molar refractivity (Wildman–Crippen MR) is 70.1 cm³/mol. The molecule has 6 heteroatoms. The van der Waals surface area contributed by atoms with E-state index in [-0.39, 0.29) is 18.4 Å². The fraction of sp³-hybridized carbons (Fsp3) is 0.500. The fourth-order valence-electron chi connectivity index (χ4n) is 1.72. The Morgan fingerprint density at radius 1 is 1.45 bits per heavy atom. The van der Waals surface area contributed by atoms with Gasteiger partial charge < -0.3 is 9.94 Å². The average Bonchev–Trinajstić information content (AvgIpc) is 2.38. The van der Waals surface area contributed by atoms with Gasteiger partial charge in [-0.15, -0.1) is 0 Å². The normalized spacial score (nSPS) is 12.3. The largest absolute Gasteiger partial charge is 0.481 e. The third-order valence-electron chi connectivity index (χ3n) is 2.75. The molecular formula is C14H19F2NO3. The van der Waals surface area contributed by atoms with Crippen molar-refractivity contribution in [3.8, 4) is 0 Å². The summed E-state index contributed by atoms with van der Waals surface area (Å²) in [7, 11) is 0. The van der Waals surface area contributed by atoms with Crippen molar-refractivity contribution in [2.75, 3.05) is 6.61 Å². The Morgan fingerprint density at radius 3 is 2.85 bits per heavy atom. The van der Waals surface area contributed by atoms with Crippen molar-refractivity contribution in [3.63, 3.8) is 0 Å². The second-order valence-corrected chi connectivity index (χ2v) is 4.55. The molecule has 20 heavy (non-hydrogen) atoms. The molecule has 0 aromatic heterocycles. The number of rotatable bonds is 9. The van der Waals surface area contributed by atoms with Gasteiger partial charge in [-0.25, -0.2) is 8.78 Å². The van der Waals surface area contributed by atoms with Gasteiger partial charge in [0.05, 0.1) is 13.0 Å². The minimum atomic E-state index is -1.03. The van der Waals surface area contributed by atoms with Crippen molar-refractivity contribution in [2.24, 2.45) is 0 Å². The van der Waals surface area contributed by atoms with Crippen molar-refractivity contribution in [2.45, 2.75) is 38.6 Å². The van der Waals surface area contributed by atoms with Crippen molar-refractivity contribution in [3.05, 3.63) is 35.4 Å². The van der Waals surface area contributed by atoms with E-state index in [2.05, 4.69) is 5.48 Å². The Hall–Kier alpha value is -1.53. The minimum Gasteiger partial charge on any atom is -0.481 e. The summed E-state index contributed by atoms with van der Waals surface area (Å²) in [4.78, 5) is 15.9. The standard InChI is InChI=1S/C14H19F2NO3/c1-2-3-6-20-17-12(9-14(18)19)8-10-7-11(15)4-5-13(10)16/h4-5,7,12,17H,2-3,6,8-9H2,1H3,(H,18,19)/t12-/m1/s1. The summed E-state index contributed by atoms with van der Waals surface area (Å²) in [5.41, 5.74) is 2.74. The van der Waals surface area contributed by atoms with Gasteiger partial charge in [0.1, 0.15) is 11.6 Å². The highest BCUT2D eigenvalue weighted by Crippen LogP contribution is 2.13. The number of carbonyl (C=O) groups is 1. The molecule has 0 aliphatic rings. The number of carboxylic acids is 1. The van der Waals surface area contributed by atoms with Gasteiger partial charge in [0, 0.05) is 6.04 Å². The molecule has 0 aliphatic carbocycles. The van der Waals surface area contributed by atoms with Crippen LogP contribution in [0.5, 0.6) is 0 Å². The third kappa shape index (κ3) is 6.08. The molecule has 1 aromatic carbocycles. The Balaban J connectivity index is 2.63. The zero-order valence-electron chi connectivity index (χ0n) is 11.4. The van der Waals surface area contributed by atoms with Crippen LogP contribution in [-0.2, 0) is 16.1 Å². The van der Waals surface area contributed by atoms with Crippen LogP contribution in [0.4, 0.5) is 8.78 Å². The van der Waals surface area contributed by atoms with Crippen LogP contribution in [0.25, 0.3) is 0 Å². The number of hydroxylamine groups is 1. The van der Waals surface area contributed by atoms with E-state index in [9.17, 15) is 13.6 Å². The van der Waals surface area contributed by atoms with Gasteiger partial charge in [-0.3, -0.25) is 4.79 Å². The summed E-state index contributed by atoms with van der Waals surface area (Å²) >= 11 is 0. The van der Waals surface area contributed by atoms with Gasteiger partial charge >= 0.3 is 5.97 Å². The summed E-state index contributed by atoms with van der Waals surface area (Å²) in [6, 6.07) is 2.51. The van der Waals surface area contributed by atoms with E-state index in [1.807, 2.05) is 6.92 Å². The average molecular weight is 287 g/mol. The van der Waals surface area contributed by atoms with Gasteiger partial charge in [-0.1, -0.05) is 13.3 Å². The van der Waals surface area contributed by atoms with Gasteiger partial charge in [0.25, 0.3) is 0 Å². The molecule has 0 bridgehead atoms. The number of hydrogen-bond donors (Lipinski definition) is 2. The van der Waals surface area contributed by atoms with Crippen LogP contribution in [0.1, 0.15) is 31.7 Å². The van der Waals surface area contributed by atoms with Gasteiger partial charge in [-0.2, -0.15) is 5.48 Å². The Bertz CT molecular complexity index is 440. The maximum Gasteiger partial charge on any atom is 0.305 e. The lowest BCUT2D eigenvalue weighted by Crippen LogP contribution is -2.34. The molecule has 0 radical (unpaired) electrons. The first-order chi connectivity index (χ1) is 9.52. The van der Waals surface area contributed by atoms with Crippen LogP contribution in [0.15, 0.2) is 18.2 Å². The number of halogens is 2. The molecule has 4 nitrogen and oxygen atoms in total. The lowest BCUT2D eigenvalue weighted by molar-refractivity contribution is -0.138. The number of aliphatic carboxylic acids is 1. The van der Waals surface area contributed by atoms with E-state index < -0.39 is 23.6 Å². The summed E-state index contributed by atoms with van der Waals surface area (Å²) < 4.78 is 26.6. The molecule has 0 saturated carbocycles. The number of carboxylic acid groups (broad SMARTS) is 1. The lowest BCUT2D eigenvalue weighted by atomic mass is 10.0. The minimum absolute atomic E-state index is 0.0437. The zero-order chi connectivity index (χ0) is 15.0. The summed E-state index contributed by atoms with van der Waals surface area (Å²) in [5, 5.41) is 8.83. The van der Waals surface area contributed by atoms with Crippen LogP contribution >= 0.6 is 0 Å². The first kappa shape index (κ1) is 16.5. The molecule has 0 heterocycles. The van der Waals surface area contributed by atoms with E-state index in [4.69, 9.17) is 9.94 Å². The van der Waals surface area contributed by atoms with E-state index in [1.54, 1.807) is 0 Å². The fourth-order valence-corrected chi connectivity index (χ4v) is 1.72. The molecule has 1 aromatic rings. The van der Waals surface area contributed by atoms with E-state index in [0.29, 0.717) is 6.61 Å². The molecule has 0 saturated heterocycles. The highest BCUT2D eigenvalue weighted by atomic mass is 19.1. The maximum absolute atomic E-state index is 13.5. The summed E-state index contributed by atoms with van der Waals surface area (Å²) in [5.74, 6) is -2.14. The zero-order valence-corrected chi connectivity index (χ0v) is 11.4. The molecule has 1 rings (SSSR count). The molecule has 2 N–H and O–H groups in total. The van der Waals surface area contributed by atoms with Crippen molar-refractivity contribution >= 4 is 5.97 Å². The van der Waals surface area contributed by atoms with Crippen molar-refractivity contribution in [1.82, 2.24) is 5.48 Å². The lowest BCUT2D eigenvalue weighted by Gasteiger charge is -2.17. The molecule has 0 unspecified atom stereocenters. The molecule has 112 valence electrons. The van der Waals surface area contributed by atoms with Crippen LogP contribution in [0.2, 0.25) is 0 Å². The topological polar surface area (TPSA) is 58.6 Å². The second kappa shape index (κ2) is 8.60. The number of nitrogens with one attached hydrogen (secondary N) is 1. The van der Waals surface area contributed by atoms with Crippen LogP contribution in [0, 0.1) is 11.6 Å². The van der Waals surface area contributed by atoms with E-state index >= 15 is 0 Å². The molecule has 0 spiro atoms. The molecule has 1 atom stereocenters. The number of unbranched alkanes of at least 4 members (excludes halogenated alkanes) is 1. The molecular weight excluding hydrogens is 268 g/mol. The Kier molecular flexibility index (Phi) is 7.11. The van der Waals surface area contributed by atoms with Crippen molar-refractivity contribution in [1.29, 1.82) is 0 Å². The first-order valence-electron chi connectivity index (χ1n) is 6.56. The third-order valence-corrected chi connectivity index (χ3v) is 2.75. The monoisotopic (exact) mass is 287 g/mol. The van der Waals surface area contributed by atoms with Crippen LogP contribution in [-0.4, -0.2) is 23.7 Å². The van der Waals surface area contributed by atoms with Gasteiger partial charge in [0.2, 0.25) is 0 Å². The van der Waals surface area contributed by atoms with Gasteiger partial charge in [0.15, 0.2) is 0 Å². The SMILES string of the molecule is CCCCON[C@@H](CC(=O)O)Cc1cc(F)ccc1F. The summed E-state index contributed by atoms with van der Waals surface area (Å²) in [6.45, 7) is 2.44. The first-order valence-corrected chi connectivity index (χ1v) is 6.56. The Labute approximate surface area is 116 Å². The van der Waals surface area contributed by atoms with Crippen LogP contribution in [0.3, 0.4) is 0 Å². The summed E-state index contributed by atoms with van der Waals surface area (Å²) in [6.07, 6.45) is 1.59. The molecule has 0 amide bonds. The highest BCUT2D eigenvalue weighted by Gasteiger charge is 2.16. The van der Waals surface area contributed by atoms with E-state index in [1.165, 1.54) is 0 Å². The number of hydrogen-bond acceptors (Lipinski definition) is 3. The van der Waals surface area contributed by atoms with Crippen molar-refractivity contribution < 1.29 is 23.5 Å². The molecule has 0 fully saturated rings. The smallest absolute Gasteiger partial charge is 0.305 e.